The van der Waals surface area contributed by atoms with Crippen molar-refractivity contribution in [2.75, 3.05) is 0 Å². The van der Waals surface area contributed by atoms with E-state index in [9.17, 15) is 5.21 Å². The van der Waals surface area contributed by atoms with Crippen molar-refractivity contribution in [3.63, 3.8) is 0 Å². The normalized spacial score (nSPS) is 10.0. The number of aryl methyl sites for hydroxylation is 4. The van der Waals surface area contributed by atoms with Gasteiger partial charge in [-0.1, -0.05) is 65.6 Å². The van der Waals surface area contributed by atoms with Crippen LogP contribution in [0.1, 0.15) is 22.8 Å². The number of rotatable bonds is 2. The predicted octanol–water partition coefficient (Wildman–Crippen LogP) is 4.20. The van der Waals surface area contributed by atoms with Crippen molar-refractivity contribution in [2.45, 2.75) is 24.5 Å². The molecule has 0 spiro atoms. The average Bonchev–Trinajstić information content (AvgIpc) is 2.89. The molecule has 0 N–H and O–H groups in total. The zero-order chi connectivity index (χ0) is 18.2. The molecule has 0 aliphatic carbocycles. The third-order valence-corrected chi connectivity index (χ3v) is 3.50. The van der Waals surface area contributed by atoms with Crippen LogP contribution >= 0.6 is 71.6 Å². The molecule has 0 saturated heterocycles. The first-order valence-corrected chi connectivity index (χ1v) is 12.3. The van der Waals surface area contributed by atoms with Gasteiger partial charge in [0.1, 0.15) is 0 Å². The largest absolute Gasteiger partial charge is 0.692 e. The van der Waals surface area contributed by atoms with Crippen LogP contribution in [-0.2, 0) is 24.8 Å². The number of alkyl halides is 2. The van der Waals surface area contributed by atoms with Crippen LogP contribution in [0.5, 0.6) is 0 Å². The molecule has 0 saturated carbocycles. The monoisotopic (exact) mass is 530 g/mol. The van der Waals surface area contributed by atoms with E-state index in [2.05, 4.69) is 47.2 Å². The van der Waals surface area contributed by atoms with Gasteiger partial charge in [0.25, 0.3) is 0 Å². The molecule has 0 amide bonds. The smallest absolute Gasteiger partial charge is 0.220 e. The number of nitrogens with zero attached hydrogens (tertiary/aromatic N) is 6. The minimum atomic E-state index is -1.20. The number of halogens is 5. The molecule has 7 nitrogen and oxygen atoms in total. The van der Waals surface area contributed by atoms with Crippen molar-refractivity contribution in [1.82, 2.24) is 24.9 Å². The number of hydrogen-bond acceptors (Lipinski definition) is 4. The summed E-state index contributed by atoms with van der Waals surface area (Å²) in [4.78, 5) is 3.61. The Morgan fingerprint density at radius 3 is 1.74 bits per heavy atom. The summed E-state index contributed by atoms with van der Waals surface area (Å²) in [6.45, 7) is 3.76. The fourth-order valence-electron chi connectivity index (χ4n) is 1.44. The van der Waals surface area contributed by atoms with Crippen molar-refractivity contribution in [1.29, 1.82) is 0 Å². The van der Waals surface area contributed by atoms with Crippen molar-refractivity contribution >= 4 is 71.6 Å². The molecule has 13 heteroatoms. The Kier molecular flexibility index (Phi) is 12.0. The lowest BCUT2D eigenvalue weighted by Crippen LogP contribution is -2.39. The first-order chi connectivity index (χ1) is 10.6. The van der Waals surface area contributed by atoms with Gasteiger partial charge >= 0.3 is 0 Å². The highest BCUT2D eigenvalue weighted by molar-refractivity contribution is 9.08. The molecule has 0 fully saturated rings. The summed E-state index contributed by atoms with van der Waals surface area (Å²) < 4.78 is 0. The molecule has 0 atom stereocenters. The molecule has 0 radical (unpaired) electrons. The quantitative estimate of drug-likeness (QED) is 0.251. The summed E-state index contributed by atoms with van der Waals surface area (Å²) in [5.74, 6) is -1.20. The molecule has 2 aromatic heterocycles. The molecule has 2 heterocycles. The van der Waals surface area contributed by atoms with Crippen LogP contribution in [0, 0.1) is 19.1 Å². The van der Waals surface area contributed by atoms with E-state index < -0.39 is 5.98 Å². The van der Waals surface area contributed by atoms with Gasteiger partial charge in [-0.3, -0.25) is 0 Å². The fourth-order valence-corrected chi connectivity index (χ4v) is 2.58. The Morgan fingerprint density at radius 1 is 1.04 bits per heavy atom. The van der Waals surface area contributed by atoms with Crippen molar-refractivity contribution < 1.29 is 4.85 Å². The molecular weight excluding hydrogens is 517 g/mol. The van der Waals surface area contributed by atoms with E-state index in [-0.39, 0.29) is 0 Å². The molecule has 2 aromatic rings. The van der Waals surface area contributed by atoms with Crippen LogP contribution in [0.4, 0.5) is 0 Å². The topological polar surface area (TPSA) is 75.5 Å². The van der Waals surface area contributed by atoms with Crippen LogP contribution in [0.3, 0.4) is 0 Å². The second kappa shape index (κ2) is 11.8. The zero-order valence-electron chi connectivity index (χ0n) is 12.8. The van der Waals surface area contributed by atoms with Crippen LogP contribution in [0.15, 0.2) is 0 Å². The third-order valence-electron chi connectivity index (χ3n) is 2.44. The van der Waals surface area contributed by atoms with E-state index in [0.717, 1.165) is 27.3 Å². The van der Waals surface area contributed by atoms with E-state index >= 15 is 0 Å². The van der Waals surface area contributed by atoms with Crippen LogP contribution < -0.4 is 4.85 Å². The summed E-state index contributed by atoms with van der Waals surface area (Å²) in [5, 5.41) is 24.4. The zero-order valence-corrected chi connectivity index (χ0v) is 19.2. The maximum absolute atomic E-state index is 11.0. The van der Waals surface area contributed by atoms with E-state index in [1.807, 2.05) is 20.9 Å². The van der Waals surface area contributed by atoms with Gasteiger partial charge in [-0.25, -0.2) is 0 Å². The summed E-state index contributed by atoms with van der Waals surface area (Å²) in [6.07, 6.45) is 0. The first-order valence-electron chi connectivity index (χ1n) is 6.02. The van der Waals surface area contributed by atoms with E-state index in [1.54, 1.807) is 11.8 Å². The number of hydrogen-bond donors (Lipinski definition) is 0. The summed E-state index contributed by atoms with van der Waals surface area (Å²) in [5.41, 5.74) is 3.45. The van der Waals surface area contributed by atoms with Gasteiger partial charge in [0.2, 0.25) is 5.69 Å². The van der Waals surface area contributed by atoms with Gasteiger partial charge in [0, 0.05) is 24.4 Å². The van der Waals surface area contributed by atoms with Gasteiger partial charge in [-0.2, -0.15) is 19.8 Å². The van der Waals surface area contributed by atoms with Crippen LogP contribution in [0.25, 0.3) is 0 Å². The lowest BCUT2D eigenvalue weighted by atomic mass is 10.4. The Balaban J connectivity index is 0.000000345. The Labute approximate surface area is 167 Å². The summed E-state index contributed by atoms with van der Waals surface area (Å²) in [7, 11) is 3.44. The van der Waals surface area contributed by atoms with Crippen molar-refractivity contribution in [2.24, 2.45) is 14.1 Å². The Hall–Kier alpha value is 0.340. The van der Waals surface area contributed by atoms with Gasteiger partial charge in [-0.15, -0.1) is 0 Å². The maximum Gasteiger partial charge on any atom is 0.220 e. The Morgan fingerprint density at radius 2 is 1.57 bits per heavy atom. The van der Waals surface area contributed by atoms with E-state index in [4.69, 9.17) is 33.7 Å². The predicted molar refractivity (Wildman–Crippen MR) is 102 cm³/mol. The molecule has 0 aliphatic heterocycles. The SMILES string of the molecule is Cc1nn(C)[n+]([O-])c1CBr.Cc1nn(C)nc1CBr.ClP(Cl)Cl. The van der Waals surface area contributed by atoms with Gasteiger partial charge in [0.15, 0.2) is 11.7 Å². The summed E-state index contributed by atoms with van der Waals surface area (Å²) >= 11 is 21.1. The lowest BCUT2D eigenvalue weighted by Gasteiger charge is -1.99. The minimum absolute atomic E-state index is 0.552. The molecule has 132 valence electrons. The molecule has 0 aliphatic rings. The average molecular weight is 533 g/mol. The highest BCUT2D eigenvalue weighted by Crippen LogP contribution is 2.51. The highest BCUT2D eigenvalue weighted by Gasteiger charge is 2.13. The fraction of sp³-hybridized carbons (Fsp3) is 0.600. The van der Waals surface area contributed by atoms with E-state index in [0.29, 0.717) is 11.0 Å². The van der Waals surface area contributed by atoms with Crippen molar-refractivity contribution in [3.05, 3.63) is 28.0 Å². The minimum Gasteiger partial charge on any atom is -0.692 e. The number of aromatic nitrogens is 6. The van der Waals surface area contributed by atoms with Gasteiger partial charge < -0.3 is 5.21 Å². The van der Waals surface area contributed by atoms with E-state index in [1.165, 1.54) is 4.80 Å². The standard InChI is InChI=1S/C5H8BrN3O.C5H8BrN3.Cl3P/c1-4-5(3-6)9(10)8(2)7-4;1-4-5(3-6)8-9(2)7-4;1-4(2)3/h3H2,1-2H3;3H2,1-2H3;. The molecule has 0 unspecified atom stereocenters. The van der Waals surface area contributed by atoms with Crippen LogP contribution in [0.2, 0.25) is 0 Å². The molecule has 0 aromatic carbocycles. The Bertz CT molecular complexity index is 607. The molecule has 0 bridgehead atoms. The van der Waals surface area contributed by atoms with Gasteiger partial charge in [-0.05, 0) is 11.7 Å². The van der Waals surface area contributed by atoms with Gasteiger partial charge in [0.05, 0.1) is 23.8 Å². The summed E-state index contributed by atoms with van der Waals surface area (Å²) in [6, 6.07) is 0. The molecule has 2 rings (SSSR count). The van der Waals surface area contributed by atoms with Crippen LogP contribution in [-0.4, -0.2) is 24.9 Å². The second-order valence-electron chi connectivity index (χ2n) is 4.07. The third kappa shape index (κ3) is 8.84. The van der Waals surface area contributed by atoms with Crippen molar-refractivity contribution in [3.8, 4) is 0 Å². The lowest BCUT2D eigenvalue weighted by molar-refractivity contribution is -0.702. The highest BCUT2D eigenvalue weighted by atomic mass is 79.9. The molecular formula is C10H16Br2Cl3N6OP. The maximum atomic E-state index is 11.0. The molecule has 23 heavy (non-hydrogen) atoms. The first kappa shape index (κ1) is 23.3. The second-order valence-corrected chi connectivity index (χ2v) is 10.2.